The summed E-state index contributed by atoms with van der Waals surface area (Å²) < 4.78 is 7.40. The highest BCUT2D eigenvalue weighted by molar-refractivity contribution is 5.96. The van der Waals surface area contributed by atoms with Gasteiger partial charge in [0, 0.05) is 51.7 Å². The zero-order valence-electron chi connectivity index (χ0n) is 17.5. The third-order valence-corrected chi connectivity index (χ3v) is 6.03. The third kappa shape index (κ3) is 4.46. The average Bonchev–Trinajstić information content (AvgIpc) is 2.80. The molecule has 4 rings (SSSR count). The summed E-state index contributed by atoms with van der Waals surface area (Å²) in [6, 6.07) is 0.237. The fourth-order valence-corrected chi connectivity index (χ4v) is 4.30. The van der Waals surface area contributed by atoms with Crippen LogP contribution < -0.4 is 16.1 Å². The van der Waals surface area contributed by atoms with E-state index in [4.69, 9.17) is 4.74 Å². The first-order valence-electron chi connectivity index (χ1n) is 10.9. The summed E-state index contributed by atoms with van der Waals surface area (Å²) in [5.74, 6) is 0.131. The van der Waals surface area contributed by atoms with Crippen LogP contribution in [0.15, 0.2) is 17.2 Å². The maximum atomic E-state index is 12.9. The van der Waals surface area contributed by atoms with Crippen LogP contribution in [0.1, 0.15) is 48.5 Å². The Balaban J connectivity index is 1.63. The Morgan fingerprint density at radius 2 is 2.00 bits per heavy atom. The van der Waals surface area contributed by atoms with Crippen LogP contribution in [0, 0.1) is 0 Å². The van der Waals surface area contributed by atoms with Crippen LogP contribution in [0.5, 0.6) is 0 Å². The highest BCUT2D eigenvalue weighted by atomic mass is 16.5. The molecule has 0 radical (unpaired) electrons. The molecule has 2 fully saturated rings. The SMILES string of the molecule is CNC(=O)c1cn(C2CCCCC2)c2nc(NCCN3CCOCC3)ncc2c1=O. The number of carbonyl (C=O) groups excluding carboxylic acids is 1. The van der Waals surface area contributed by atoms with Crippen molar-refractivity contribution in [3.8, 4) is 0 Å². The van der Waals surface area contributed by atoms with Gasteiger partial charge in [-0.25, -0.2) is 4.98 Å². The van der Waals surface area contributed by atoms with Gasteiger partial charge in [0.25, 0.3) is 5.91 Å². The van der Waals surface area contributed by atoms with E-state index in [0.717, 1.165) is 65.1 Å². The van der Waals surface area contributed by atoms with Crippen molar-refractivity contribution < 1.29 is 9.53 Å². The average molecular weight is 415 g/mol. The van der Waals surface area contributed by atoms with Gasteiger partial charge in [0.2, 0.25) is 11.4 Å². The minimum absolute atomic E-state index is 0.146. The van der Waals surface area contributed by atoms with Crippen molar-refractivity contribution in [1.82, 2.24) is 24.8 Å². The van der Waals surface area contributed by atoms with Crippen LogP contribution in [0.3, 0.4) is 0 Å². The Bertz CT molecular complexity index is 948. The van der Waals surface area contributed by atoms with Crippen LogP contribution in [-0.2, 0) is 4.74 Å². The van der Waals surface area contributed by atoms with E-state index in [1.54, 1.807) is 12.4 Å². The molecule has 2 aromatic rings. The molecule has 1 aliphatic heterocycles. The van der Waals surface area contributed by atoms with E-state index >= 15 is 0 Å². The van der Waals surface area contributed by atoms with Crippen molar-refractivity contribution in [2.75, 3.05) is 51.8 Å². The van der Waals surface area contributed by atoms with Gasteiger partial charge in [0.15, 0.2) is 0 Å². The quantitative estimate of drug-likeness (QED) is 0.737. The van der Waals surface area contributed by atoms with Crippen molar-refractivity contribution in [3.05, 3.63) is 28.2 Å². The summed E-state index contributed by atoms with van der Waals surface area (Å²) in [7, 11) is 1.54. The molecular formula is C21H30N6O3. The second kappa shape index (κ2) is 9.53. The lowest BCUT2D eigenvalue weighted by molar-refractivity contribution is 0.0398. The van der Waals surface area contributed by atoms with E-state index < -0.39 is 0 Å². The predicted molar refractivity (Wildman–Crippen MR) is 115 cm³/mol. The molecule has 1 amide bonds. The summed E-state index contributed by atoms with van der Waals surface area (Å²) in [5, 5.41) is 6.24. The Morgan fingerprint density at radius 3 is 2.73 bits per heavy atom. The molecule has 1 saturated carbocycles. The van der Waals surface area contributed by atoms with E-state index in [1.165, 1.54) is 13.5 Å². The standard InChI is InChI=1S/C21H30N6O3/c1-22-20(29)17-14-27(15-5-3-2-4-6-15)19-16(18(17)28)13-24-21(25-19)23-7-8-26-9-11-30-12-10-26/h13-15H,2-12H2,1H3,(H,22,29)(H,23,24,25). The number of aromatic nitrogens is 3. The molecule has 2 aliphatic rings. The van der Waals surface area contributed by atoms with Crippen molar-refractivity contribution >= 4 is 22.9 Å². The number of pyridine rings is 1. The van der Waals surface area contributed by atoms with Gasteiger partial charge in [-0.2, -0.15) is 4.98 Å². The number of rotatable bonds is 6. The van der Waals surface area contributed by atoms with Gasteiger partial charge in [-0.1, -0.05) is 19.3 Å². The lowest BCUT2D eigenvalue weighted by atomic mass is 9.95. The molecule has 0 atom stereocenters. The summed E-state index contributed by atoms with van der Waals surface area (Å²) in [5.41, 5.74) is 0.423. The lowest BCUT2D eigenvalue weighted by Crippen LogP contribution is -2.39. The lowest BCUT2D eigenvalue weighted by Gasteiger charge is -2.27. The molecule has 1 saturated heterocycles. The maximum absolute atomic E-state index is 12.9. The van der Waals surface area contributed by atoms with Gasteiger partial charge < -0.3 is 19.9 Å². The number of fused-ring (bicyclic) bond motifs is 1. The highest BCUT2D eigenvalue weighted by Gasteiger charge is 2.22. The molecule has 2 aromatic heterocycles. The number of carbonyl (C=O) groups is 1. The number of anilines is 1. The van der Waals surface area contributed by atoms with Crippen molar-refractivity contribution in [3.63, 3.8) is 0 Å². The number of ether oxygens (including phenoxy) is 1. The molecule has 1 aliphatic carbocycles. The molecule has 0 spiro atoms. The monoisotopic (exact) mass is 414 g/mol. The maximum Gasteiger partial charge on any atom is 0.256 e. The number of nitrogens with one attached hydrogen (secondary N) is 2. The van der Waals surface area contributed by atoms with Crippen LogP contribution >= 0.6 is 0 Å². The number of nitrogens with zero attached hydrogens (tertiary/aromatic N) is 4. The van der Waals surface area contributed by atoms with Crippen molar-refractivity contribution in [2.24, 2.45) is 0 Å². The fraction of sp³-hybridized carbons (Fsp3) is 0.619. The first-order chi connectivity index (χ1) is 14.7. The normalized spacial score (nSPS) is 18.4. The summed E-state index contributed by atoms with van der Waals surface area (Å²) in [6.07, 6.45) is 8.79. The van der Waals surface area contributed by atoms with E-state index in [2.05, 4.69) is 25.5 Å². The molecular weight excluding hydrogens is 384 g/mol. The molecule has 0 bridgehead atoms. The molecule has 2 N–H and O–H groups in total. The van der Waals surface area contributed by atoms with E-state index in [0.29, 0.717) is 17.0 Å². The Kier molecular flexibility index (Phi) is 6.59. The van der Waals surface area contributed by atoms with E-state index in [1.807, 2.05) is 4.57 Å². The topological polar surface area (TPSA) is 101 Å². The van der Waals surface area contributed by atoms with Gasteiger partial charge in [0.05, 0.1) is 18.6 Å². The summed E-state index contributed by atoms with van der Waals surface area (Å²) in [4.78, 5) is 36.6. The number of hydrogen-bond acceptors (Lipinski definition) is 7. The Hall–Kier alpha value is -2.52. The molecule has 30 heavy (non-hydrogen) atoms. The minimum Gasteiger partial charge on any atom is -0.379 e. The highest BCUT2D eigenvalue weighted by Crippen LogP contribution is 2.30. The number of morpholine rings is 1. The Labute approximate surface area is 175 Å². The summed E-state index contributed by atoms with van der Waals surface area (Å²) >= 11 is 0. The van der Waals surface area contributed by atoms with Crippen LogP contribution in [0.2, 0.25) is 0 Å². The molecule has 9 heteroatoms. The van der Waals surface area contributed by atoms with Crippen molar-refractivity contribution in [1.29, 1.82) is 0 Å². The van der Waals surface area contributed by atoms with Gasteiger partial charge >= 0.3 is 0 Å². The van der Waals surface area contributed by atoms with Crippen LogP contribution in [-0.4, -0.2) is 71.8 Å². The van der Waals surface area contributed by atoms with Gasteiger partial charge in [-0.15, -0.1) is 0 Å². The second-order valence-electron chi connectivity index (χ2n) is 7.96. The number of amides is 1. The van der Waals surface area contributed by atoms with Crippen LogP contribution in [0.4, 0.5) is 5.95 Å². The van der Waals surface area contributed by atoms with Gasteiger partial charge in [-0.05, 0) is 12.8 Å². The van der Waals surface area contributed by atoms with Gasteiger partial charge in [-0.3, -0.25) is 14.5 Å². The van der Waals surface area contributed by atoms with Crippen molar-refractivity contribution in [2.45, 2.75) is 38.1 Å². The molecule has 3 heterocycles. The predicted octanol–water partition coefficient (Wildman–Crippen LogP) is 1.40. The van der Waals surface area contributed by atoms with Crippen LogP contribution in [0.25, 0.3) is 11.0 Å². The zero-order valence-corrected chi connectivity index (χ0v) is 17.5. The molecule has 162 valence electrons. The fourth-order valence-electron chi connectivity index (χ4n) is 4.30. The van der Waals surface area contributed by atoms with E-state index in [-0.39, 0.29) is 22.9 Å². The first kappa shape index (κ1) is 20.7. The second-order valence-corrected chi connectivity index (χ2v) is 7.96. The molecule has 0 unspecified atom stereocenters. The smallest absolute Gasteiger partial charge is 0.256 e. The largest absolute Gasteiger partial charge is 0.379 e. The molecule has 9 nitrogen and oxygen atoms in total. The third-order valence-electron chi connectivity index (χ3n) is 6.03. The zero-order chi connectivity index (χ0) is 20.9. The summed E-state index contributed by atoms with van der Waals surface area (Å²) in [6.45, 7) is 5.01. The first-order valence-corrected chi connectivity index (χ1v) is 10.9. The van der Waals surface area contributed by atoms with E-state index in [9.17, 15) is 9.59 Å². The molecule has 0 aromatic carbocycles. The Morgan fingerprint density at radius 1 is 1.23 bits per heavy atom. The number of hydrogen-bond donors (Lipinski definition) is 2. The van der Waals surface area contributed by atoms with Gasteiger partial charge in [0.1, 0.15) is 11.2 Å². The minimum atomic E-state index is -0.376.